The van der Waals surface area contributed by atoms with Gasteiger partial charge in [-0.15, -0.1) is 10.2 Å². The van der Waals surface area contributed by atoms with E-state index in [-0.39, 0.29) is 5.91 Å². The van der Waals surface area contributed by atoms with Crippen molar-refractivity contribution in [1.29, 1.82) is 0 Å². The molecule has 0 aliphatic heterocycles. The normalized spacial score (nSPS) is 11.4. The lowest BCUT2D eigenvalue weighted by Gasteiger charge is -2.26. The van der Waals surface area contributed by atoms with Gasteiger partial charge in [-0.2, -0.15) is 0 Å². The first-order valence-electron chi connectivity index (χ1n) is 7.29. The average Bonchev–Trinajstić information content (AvgIpc) is 2.82. The maximum atomic E-state index is 12.4. The fourth-order valence-corrected chi connectivity index (χ4v) is 4.63. The summed E-state index contributed by atoms with van der Waals surface area (Å²) in [7, 11) is 0. The molecule has 0 bridgehead atoms. The van der Waals surface area contributed by atoms with E-state index in [1.54, 1.807) is 23.1 Å². The number of rotatable bonds is 9. The molecule has 7 heteroatoms. The third-order valence-electron chi connectivity index (χ3n) is 2.50. The third-order valence-corrected chi connectivity index (χ3v) is 5.56. The first-order chi connectivity index (χ1) is 9.92. The molecule has 4 nitrogen and oxygen atoms in total. The van der Waals surface area contributed by atoms with Gasteiger partial charge in [-0.3, -0.25) is 4.79 Å². The van der Waals surface area contributed by atoms with Gasteiger partial charge in [0.25, 0.3) is 0 Å². The summed E-state index contributed by atoms with van der Waals surface area (Å²) in [5, 5.41) is 8.24. The van der Waals surface area contributed by atoms with Crippen molar-refractivity contribution in [3.63, 3.8) is 0 Å². The van der Waals surface area contributed by atoms with Crippen LogP contribution in [0.5, 0.6) is 0 Å². The van der Waals surface area contributed by atoms with Crippen LogP contribution in [0, 0.1) is 11.8 Å². The van der Waals surface area contributed by atoms with E-state index in [0.717, 1.165) is 27.5 Å². The highest BCUT2D eigenvalue weighted by Crippen LogP contribution is 2.28. The summed E-state index contributed by atoms with van der Waals surface area (Å²) in [4.78, 5) is 14.4. The number of carbonyl (C=O) groups excluding carboxylic acids is 1. The second-order valence-corrected chi connectivity index (χ2v) is 9.35. The van der Waals surface area contributed by atoms with E-state index in [1.165, 1.54) is 11.8 Å². The molecule has 0 unspecified atom stereocenters. The molecule has 1 amide bonds. The number of nitrogens with zero attached hydrogens (tertiary/aromatic N) is 3. The Kier molecular flexibility index (Phi) is 8.66. The molecule has 0 radical (unpaired) electrons. The van der Waals surface area contributed by atoms with Gasteiger partial charge in [-0.1, -0.05) is 69.5 Å². The van der Waals surface area contributed by atoms with Gasteiger partial charge < -0.3 is 4.90 Å². The van der Waals surface area contributed by atoms with E-state index in [2.05, 4.69) is 44.8 Å². The summed E-state index contributed by atoms with van der Waals surface area (Å²) in [6, 6.07) is 0. The van der Waals surface area contributed by atoms with Gasteiger partial charge in [0, 0.05) is 13.1 Å². The quantitative estimate of drug-likeness (QED) is 0.634. The van der Waals surface area contributed by atoms with Crippen LogP contribution in [-0.4, -0.2) is 45.6 Å². The molecule has 0 atom stereocenters. The van der Waals surface area contributed by atoms with E-state index in [1.807, 2.05) is 4.90 Å². The molecule has 1 heterocycles. The number of carbonyl (C=O) groups is 1. The summed E-state index contributed by atoms with van der Waals surface area (Å²) in [5.41, 5.74) is 0. The van der Waals surface area contributed by atoms with Crippen LogP contribution in [-0.2, 0) is 4.79 Å². The van der Waals surface area contributed by atoms with Gasteiger partial charge in [-0.05, 0) is 17.6 Å². The van der Waals surface area contributed by atoms with Crippen LogP contribution in [0.2, 0.25) is 0 Å². The van der Waals surface area contributed by atoms with E-state index in [4.69, 9.17) is 0 Å². The number of hydrogen-bond donors (Lipinski definition) is 0. The van der Waals surface area contributed by atoms with Crippen molar-refractivity contribution in [2.75, 3.05) is 24.6 Å². The summed E-state index contributed by atoms with van der Waals surface area (Å²) in [5.74, 6) is 2.63. The Morgan fingerprint density at radius 3 is 2.10 bits per heavy atom. The molecular formula is C14H25N3OS3. The molecule has 0 spiro atoms. The predicted molar refractivity (Wildman–Crippen MR) is 93.3 cm³/mol. The minimum atomic E-state index is 0.197. The molecule has 0 saturated heterocycles. The minimum Gasteiger partial charge on any atom is -0.341 e. The van der Waals surface area contributed by atoms with E-state index in [0.29, 0.717) is 17.6 Å². The number of hydrogen-bond acceptors (Lipinski definition) is 6. The van der Waals surface area contributed by atoms with Gasteiger partial charge in [0.2, 0.25) is 5.91 Å². The number of thioether (sulfide) groups is 2. The Labute approximate surface area is 140 Å². The molecule has 0 fully saturated rings. The SMILES string of the molecule is CCSc1nnc(SCC(=O)N(CC(C)C)CC(C)C)s1. The molecule has 1 aromatic rings. The molecule has 1 rings (SSSR count). The topological polar surface area (TPSA) is 46.1 Å². The molecule has 120 valence electrons. The van der Waals surface area contributed by atoms with Crippen molar-refractivity contribution in [3.05, 3.63) is 0 Å². The molecule has 1 aromatic heterocycles. The Morgan fingerprint density at radius 2 is 1.62 bits per heavy atom. The Balaban J connectivity index is 2.51. The van der Waals surface area contributed by atoms with E-state index >= 15 is 0 Å². The van der Waals surface area contributed by atoms with Gasteiger partial charge in [0.15, 0.2) is 8.68 Å². The molecule has 0 aliphatic carbocycles. The lowest BCUT2D eigenvalue weighted by molar-refractivity contribution is -0.129. The van der Waals surface area contributed by atoms with Crippen molar-refractivity contribution in [2.24, 2.45) is 11.8 Å². The molecule has 0 aliphatic rings. The molecule has 0 aromatic carbocycles. The predicted octanol–water partition coefficient (Wildman–Crippen LogP) is 3.88. The van der Waals surface area contributed by atoms with Gasteiger partial charge in [-0.25, -0.2) is 0 Å². The zero-order valence-corrected chi connectivity index (χ0v) is 15.9. The first-order valence-corrected chi connectivity index (χ1v) is 10.1. The van der Waals surface area contributed by atoms with Crippen molar-refractivity contribution in [2.45, 2.75) is 43.3 Å². The zero-order chi connectivity index (χ0) is 15.8. The van der Waals surface area contributed by atoms with Crippen LogP contribution in [0.4, 0.5) is 0 Å². The van der Waals surface area contributed by atoms with E-state index in [9.17, 15) is 4.79 Å². The largest absolute Gasteiger partial charge is 0.341 e. The van der Waals surface area contributed by atoms with Crippen LogP contribution >= 0.6 is 34.9 Å². The van der Waals surface area contributed by atoms with Gasteiger partial charge >= 0.3 is 0 Å². The van der Waals surface area contributed by atoms with Crippen molar-refractivity contribution < 1.29 is 4.79 Å². The summed E-state index contributed by atoms with van der Waals surface area (Å²) >= 11 is 4.76. The highest BCUT2D eigenvalue weighted by molar-refractivity contribution is 8.03. The van der Waals surface area contributed by atoms with Gasteiger partial charge in [0.05, 0.1) is 5.75 Å². The first kappa shape index (κ1) is 18.8. The van der Waals surface area contributed by atoms with Crippen molar-refractivity contribution in [3.8, 4) is 0 Å². The number of aromatic nitrogens is 2. The van der Waals surface area contributed by atoms with Crippen LogP contribution < -0.4 is 0 Å². The van der Waals surface area contributed by atoms with Crippen LogP contribution in [0.15, 0.2) is 8.68 Å². The average molecular weight is 348 g/mol. The smallest absolute Gasteiger partial charge is 0.233 e. The zero-order valence-electron chi connectivity index (χ0n) is 13.5. The summed E-state index contributed by atoms with van der Waals surface area (Å²) in [6.45, 7) is 12.3. The third kappa shape index (κ3) is 7.51. The maximum absolute atomic E-state index is 12.4. The van der Waals surface area contributed by atoms with Crippen molar-refractivity contribution in [1.82, 2.24) is 15.1 Å². The standard InChI is InChI=1S/C14H25N3OS3/c1-6-19-13-15-16-14(21-13)20-9-12(18)17(7-10(2)3)8-11(4)5/h10-11H,6-9H2,1-5H3. The lowest BCUT2D eigenvalue weighted by Crippen LogP contribution is -2.38. The molecular weight excluding hydrogens is 322 g/mol. The highest BCUT2D eigenvalue weighted by Gasteiger charge is 2.17. The molecule has 0 N–H and O–H groups in total. The minimum absolute atomic E-state index is 0.197. The van der Waals surface area contributed by atoms with Crippen LogP contribution in [0.25, 0.3) is 0 Å². The summed E-state index contributed by atoms with van der Waals surface area (Å²) < 4.78 is 1.86. The van der Waals surface area contributed by atoms with E-state index < -0.39 is 0 Å². The Hall–Kier alpha value is -0.270. The highest BCUT2D eigenvalue weighted by atomic mass is 32.2. The second-order valence-electron chi connectivity index (χ2n) is 5.64. The van der Waals surface area contributed by atoms with Crippen LogP contribution in [0.3, 0.4) is 0 Å². The summed E-state index contributed by atoms with van der Waals surface area (Å²) in [6.07, 6.45) is 0. The van der Waals surface area contributed by atoms with Gasteiger partial charge in [0.1, 0.15) is 0 Å². The fourth-order valence-electron chi connectivity index (χ4n) is 1.81. The van der Waals surface area contributed by atoms with Crippen LogP contribution in [0.1, 0.15) is 34.6 Å². The monoisotopic (exact) mass is 347 g/mol. The molecule has 0 saturated carbocycles. The molecule has 21 heavy (non-hydrogen) atoms. The number of amides is 1. The second kappa shape index (κ2) is 9.69. The Morgan fingerprint density at radius 1 is 1.10 bits per heavy atom. The maximum Gasteiger partial charge on any atom is 0.233 e. The Bertz CT molecular complexity index is 425. The lowest BCUT2D eigenvalue weighted by atomic mass is 10.1. The van der Waals surface area contributed by atoms with Crippen molar-refractivity contribution >= 4 is 40.8 Å². The fraction of sp³-hybridized carbons (Fsp3) is 0.786.